The van der Waals surface area contributed by atoms with Crippen LogP contribution in [0.3, 0.4) is 0 Å². The van der Waals surface area contributed by atoms with Gasteiger partial charge in [-0.3, -0.25) is 9.59 Å². The smallest absolute Gasteiger partial charge is 0.253 e. The van der Waals surface area contributed by atoms with Gasteiger partial charge in [0.1, 0.15) is 0 Å². The summed E-state index contributed by atoms with van der Waals surface area (Å²) in [6, 6.07) is 5.08. The van der Waals surface area contributed by atoms with Crippen LogP contribution in [0.15, 0.2) is 18.2 Å². The highest BCUT2D eigenvalue weighted by atomic mass is 16.2. The highest BCUT2D eigenvalue weighted by Gasteiger charge is 2.17. The normalized spacial score (nSPS) is 14.0. The summed E-state index contributed by atoms with van der Waals surface area (Å²) in [7, 11) is 1.58. The molecule has 1 aliphatic rings. The van der Waals surface area contributed by atoms with Crippen molar-refractivity contribution < 1.29 is 9.59 Å². The third-order valence-electron chi connectivity index (χ3n) is 3.63. The molecule has 2 amide bonds. The molecule has 0 unspecified atom stereocenters. The molecule has 0 radical (unpaired) electrons. The van der Waals surface area contributed by atoms with Crippen molar-refractivity contribution in [3.63, 3.8) is 0 Å². The van der Waals surface area contributed by atoms with E-state index in [-0.39, 0.29) is 11.8 Å². The molecule has 1 aliphatic heterocycles. The maximum Gasteiger partial charge on any atom is 0.253 e. The summed E-state index contributed by atoms with van der Waals surface area (Å²) in [5.74, 6) is -0.0197. The van der Waals surface area contributed by atoms with E-state index in [1.807, 2.05) is 4.90 Å². The van der Waals surface area contributed by atoms with Crippen LogP contribution in [-0.4, -0.2) is 43.4 Å². The van der Waals surface area contributed by atoms with E-state index in [0.29, 0.717) is 29.9 Å². The van der Waals surface area contributed by atoms with Crippen molar-refractivity contribution in [2.24, 2.45) is 0 Å². The second kappa shape index (κ2) is 6.97. The Kier molecular flexibility index (Phi) is 5.03. The van der Waals surface area contributed by atoms with Crippen molar-refractivity contribution in [1.29, 1.82) is 0 Å². The maximum atomic E-state index is 12.0. The number of benzene rings is 1. The third kappa shape index (κ3) is 3.87. The zero-order valence-electron chi connectivity index (χ0n) is 12.3. The van der Waals surface area contributed by atoms with E-state index >= 15 is 0 Å². The van der Waals surface area contributed by atoms with E-state index in [2.05, 4.69) is 10.6 Å². The topological polar surface area (TPSA) is 87.5 Å². The molecule has 1 saturated heterocycles. The lowest BCUT2D eigenvalue weighted by atomic mass is 10.1. The van der Waals surface area contributed by atoms with Crippen LogP contribution in [0.4, 0.5) is 11.4 Å². The molecule has 1 aromatic rings. The van der Waals surface area contributed by atoms with E-state index < -0.39 is 0 Å². The number of carbonyl (C=O) groups excluding carboxylic acids is 2. The zero-order valence-corrected chi connectivity index (χ0v) is 12.3. The second-order valence-corrected chi connectivity index (χ2v) is 5.15. The van der Waals surface area contributed by atoms with Crippen LogP contribution in [0.2, 0.25) is 0 Å². The van der Waals surface area contributed by atoms with Gasteiger partial charge in [-0.1, -0.05) is 0 Å². The molecule has 0 bridgehead atoms. The number of nitrogens with two attached hydrogens (primary N) is 1. The third-order valence-corrected chi connectivity index (χ3v) is 3.63. The molecule has 1 heterocycles. The standard InChI is InChI=1S/C15H22N4O2/c1-17-15(21)12-5-4-11(16)10-13(12)18-7-6-14(20)19-8-2-3-9-19/h4-5,10,18H,2-3,6-9,16H2,1H3,(H,17,21). The van der Waals surface area contributed by atoms with Gasteiger partial charge in [-0.25, -0.2) is 0 Å². The number of likely N-dealkylation sites (tertiary alicyclic amines) is 1. The van der Waals surface area contributed by atoms with Gasteiger partial charge in [0, 0.05) is 44.5 Å². The lowest BCUT2D eigenvalue weighted by molar-refractivity contribution is -0.129. The number of carbonyl (C=O) groups is 2. The Morgan fingerprint density at radius 3 is 2.67 bits per heavy atom. The van der Waals surface area contributed by atoms with E-state index in [0.717, 1.165) is 25.9 Å². The largest absolute Gasteiger partial charge is 0.399 e. The Hall–Kier alpha value is -2.24. The second-order valence-electron chi connectivity index (χ2n) is 5.15. The van der Waals surface area contributed by atoms with Crippen LogP contribution in [-0.2, 0) is 4.79 Å². The quantitative estimate of drug-likeness (QED) is 0.707. The van der Waals surface area contributed by atoms with Crippen molar-refractivity contribution in [1.82, 2.24) is 10.2 Å². The molecule has 0 aliphatic carbocycles. The first-order chi connectivity index (χ1) is 10.1. The maximum absolute atomic E-state index is 12.0. The monoisotopic (exact) mass is 290 g/mol. The molecule has 0 atom stereocenters. The van der Waals surface area contributed by atoms with E-state index in [9.17, 15) is 9.59 Å². The minimum atomic E-state index is -0.177. The molecule has 0 aromatic heterocycles. The summed E-state index contributed by atoms with van der Waals surface area (Å²) in [6.07, 6.45) is 2.60. The van der Waals surface area contributed by atoms with Gasteiger partial charge in [0.25, 0.3) is 5.91 Å². The zero-order chi connectivity index (χ0) is 15.2. The first kappa shape index (κ1) is 15.2. The number of nitrogen functional groups attached to an aromatic ring is 1. The predicted octanol–water partition coefficient (Wildman–Crippen LogP) is 1.05. The van der Waals surface area contributed by atoms with Gasteiger partial charge in [0.05, 0.1) is 5.56 Å². The highest BCUT2D eigenvalue weighted by Crippen LogP contribution is 2.19. The van der Waals surface area contributed by atoms with Gasteiger partial charge in [0.2, 0.25) is 5.91 Å². The number of rotatable bonds is 5. The Morgan fingerprint density at radius 2 is 2.00 bits per heavy atom. The van der Waals surface area contributed by atoms with E-state index in [4.69, 9.17) is 5.73 Å². The molecule has 0 saturated carbocycles. The summed E-state index contributed by atoms with van der Waals surface area (Å²) < 4.78 is 0. The average Bonchev–Trinajstić information content (AvgIpc) is 3.01. The fraction of sp³-hybridized carbons (Fsp3) is 0.467. The molecule has 21 heavy (non-hydrogen) atoms. The van der Waals surface area contributed by atoms with Crippen molar-refractivity contribution in [2.75, 3.05) is 37.7 Å². The van der Waals surface area contributed by atoms with Gasteiger partial charge in [-0.15, -0.1) is 0 Å². The SMILES string of the molecule is CNC(=O)c1ccc(N)cc1NCCC(=O)N1CCCC1. The summed E-state index contributed by atoms with van der Waals surface area (Å²) in [5.41, 5.74) is 7.52. The molecular formula is C15H22N4O2. The van der Waals surface area contributed by atoms with Gasteiger partial charge >= 0.3 is 0 Å². The van der Waals surface area contributed by atoms with Crippen molar-refractivity contribution in [2.45, 2.75) is 19.3 Å². The Labute approximate surface area is 124 Å². The Morgan fingerprint density at radius 1 is 1.29 bits per heavy atom. The predicted molar refractivity (Wildman–Crippen MR) is 83.2 cm³/mol. The molecule has 6 nitrogen and oxygen atoms in total. The average molecular weight is 290 g/mol. The summed E-state index contributed by atoms with van der Waals surface area (Å²) in [6.45, 7) is 2.21. The van der Waals surface area contributed by atoms with E-state index in [1.165, 1.54) is 0 Å². The van der Waals surface area contributed by atoms with Crippen LogP contribution in [0.1, 0.15) is 29.6 Å². The van der Waals surface area contributed by atoms with Crippen molar-refractivity contribution in [3.8, 4) is 0 Å². The molecule has 2 rings (SSSR count). The molecule has 114 valence electrons. The molecule has 4 N–H and O–H groups in total. The minimum Gasteiger partial charge on any atom is -0.399 e. The highest BCUT2D eigenvalue weighted by molar-refractivity contribution is 6.00. The van der Waals surface area contributed by atoms with Crippen molar-refractivity contribution in [3.05, 3.63) is 23.8 Å². The molecule has 1 fully saturated rings. The minimum absolute atomic E-state index is 0.158. The fourth-order valence-electron chi connectivity index (χ4n) is 2.47. The lowest BCUT2D eigenvalue weighted by Gasteiger charge is -2.16. The first-order valence-corrected chi connectivity index (χ1v) is 7.25. The fourth-order valence-corrected chi connectivity index (χ4v) is 2.47. The van der Waals surface area contributed by atoms with E-state index in [1.54, 1.807) is 25.2 Å². The number of nitrogens with one attached hydrogen (secondary N) is 2. The van der Waals surface area contributed by atoms with Gasteiger partial charge in [0.15, 0.2) is 0 Å². The Bertz CT molecular complexity index is 524. The summed E-state index contributed by atoms with van der Waals surface area (Å²) in [4.78, 5) is 25.6. The molecule has 0 spiro atoms. The van der Waals surface area contributed by atoms with Crippen LogP contribution < -0.4 is 16.4 Å². The van der Waals surface area contributed by atoms with Crippen LogP contribution in [0, 0.1) is 0 Å². The molecule has 1 aromatic carbocycles. The number of amides is 2. The summed E-state index contributed by atoms with van der Waals surface area (Å²) in [5, 5.41) is 5.73. The van der Waals surface area contributed by atoms with Gasteiger partial charge in [-0.05, 0) is 31.0 Å². The molecular weight excluding hydrogens is 268 g/mol. The van der Waals surface area contributed by atoms with Crippen LogP contribution in [0.25, 0.3) is 0 Å². The number of hydrogen-bond donors (Lipinski definition) is 3. The molecule has 6 heteroatoms. The number of hydrogen-bond acceptors (Lipinski definition) is 4. The number of anilines is 2. The van der Waals surface area contributed by atoms with Gasteiger partial charge in [-0.2, -0.15) is 0 Å². The Balaban J connectivity index is 1.94. The first-order valence-electron chi connectivity index (χ1n) is 7.25. The van der Waals surface area contributed by atoms with Gasteiger partial charge < -0.3 is 21.3 Å². The van der Waals surface area contributed by atoms with Crippen molar-refractivity contribution >= 4 is 23.2 Å². The lowest BCUT2D eigenvalue weighted by Crippen LogP contribution is -2.29. The summed E-state index contributed by atoms with van der Waals surface area (Å²) >= 11 is 0. The number of nitrogens with zero attached hydrogens (tertiary/aromatic N) is 1. The van der Waals surface area contributed by atoms with Crippen LogP contribution in [0.5, 0.6) is 0 Å². The van der Waals surface area contributed by atoms with Crippen LogP contribution >= 0.6 is 0 Å².